The van der Waals surface area contributed by atoms with Crippen molar-refractivity contribution in [3.63, 3.8) is 0 Å². The second-order valence-corrected chi connectivity index (χ2v) is 7.54. The second-order valence-electron chi connectivity index (χ2n) is 7.11. The van der Waals surface area contributed by atoms with Gasteiger partial charge in [0.25, 0.3) is 5.91 Å². The Balaban J connectivity index is 1.48. The number of carbonyl (C=O) groups excluding carboxylic acids is 1. The Hall–Kier alpha value is -2.44. The average Bonchev–Trinajstić information content (AvgIpc) is 2.73. The minimum absolute atomic E-state index is 0.178. The summed E-state index contributed by atoms with van der Waals surface area (Å²) in [6.45, 7) is 7.60. The number of ether oxygens (including phenoxy) is 2. The first-order valence-electron chi connectivity index (χ1n) is 9.71. The van der Waals surface area contributed by atoms with E-state index in [1.807, 2.05) is 30.3 Å². The van der Waals surface area contributed by atoms with Crippen molar-refractivity contribution in [1.29, 1.82) is 0 Å². The predicted octanol–water partition coefficient (Wildman–Crippen LogP) is 1.84. The second kappa shape index (κ2) is 8.29. The Morgan fingerprint density at radius 1 is 1.21 bits per heavy atom. The summed E-state index contributed by atoms with van der Waals surface area (Å²) in [6, 6.07) is 13.0. The van der Waals surface area contributed by atoms with Crippen molar-refractivity contribution in [2.75, 3.05) is 49.5 Å². The zero-order valence-electron chi connectivity index (χ0n) is 15.9. The van der Waals surface area contributed by atoms with E-state index < -0.39 is 6.10 Å². The number of amides is 1. The number of hydrogen-bond acceptors (Lipinski definition) is 4. The maximum absolute atomic E-state index is 12.8. The van der Waals surface area contributed by atoms with E-state index in [1.165, 1.54) is 0 Å². The molecule has 0 saturated carbocycles. The summed E-state index contributed by atoms with van der Waals surface area (Å²) >= 11 is 6.21. The summed E-state index contributed by atoms with van der Waals surface area (Å²) in [5.41, 5.74) is 1.70. The van der Waals surface area contributed by atoms with Crippen LogP contribution < -0.4 is 24.6 Å². The van der Waals surface area contributed by atoms with Gasteiger partial charge in [-0.2, -0.15) is 0 Å². The molecule has 1 amide bonds. The Morgan fingerprint density at radius 3 is 2.71 bits per heavy atom. The van der Waals surface area contributed by atoms with Crippen LogP contribution in [0.25, 0.3) is 0 Å². The number of fused-ring (bicyclic) bond motifs is 1. The quantitative estimate of drug-likeness (QED) is 0.819. The fourth-order valence-corrected chi connectivity index (χ4v) is 3.84. The first kappa shape index (κ1) is 18.9. The summed E-state index contributed by atoms with van der Waals surface area (Å²) in [6.07, 6.45) is -0.705. The first-order chi connectivity index (χ1) is 13.6. The number of quaternary nitrogens is 1. The first-order valence-corrected chi connectivity index (χ1v) is 10.1. The van der Waals surface area contributed by atoms with Crippen LogP contribution in [-0.2, 0) is 4.79 Å². The molecule has 2 N–H and O–H groups in total. The molecule has 0 bridgehead atoms. The molecule has 2 aliphatic heterocycles. The number of hydrogen-bond donors (Lipinski definition) is 2. The van der Waals surface area contributed by atoms with E-state index in [0.29, 0.717) is 22.2 Å². The molecule has 1 fully saturated rings. The topological polar surface area (TPSA) is 55.2 Å². The monoisotopic (exact) mass is 402 g/mol. The standard InChI is InChI=1S/C21H24ClN3O3/c1-2-24-9-11-25(12-10-24)17-8-7-15(22)13-16(17)23-21(26)20-14-27-18-5-3-4-6-19(18)28-20/h3-8,13,20H,2,9-12,14H2,1H3,(H,23,26)/p+1/t20-/m0/s1. The maximum atomic E-state index is 12.8. The van der Waals surface area contributed by atoms with Gasteiger partial charge in [0.05, 0.1) is 44.1 Å². The summed E-state index contributed by atoms with van der Waals surface area (Å²) in [5.74, 6) is 1.00. The third-order valence-corrected chi connectivity index (χ3v) is 5.56. The molecule has 0 spiro atoms. The van der Waals surface area contributed by atoms with Crippen molar-refractivity contribution < 1.29 is 19.2 Å². The number of nitrogens with zero attached hydrogens (tertiary/aromatic N) is 1. The van der Waals surface area contributed by atoms with Crippen LogP contribution in [0.15, 0.2) is 42.5 Å². The van der Waals surface area contributed by atoms with E-state index in [2.05, 4.69) is 17.1 Å². The molecule has 2 heterocycles. The summed E-state index contributed by atoms with van der Waals surface area (Å²) in [5, 5.41) is 3.58. The number of para-hydroxylation sites is 2. The Morgan fingerprint density at radius 2 is 1.96 bits per heavy atom. The third-order valence-electron chi connectivity index (χ3n) is 5.33. The molecule has 7 heteroatoms. The lowest BCUT2D eigenvalue weighted by Crippen LogP contribution is -3.14. The largest absolute Gasteiger partial charge is 0.485 e. The normalized spacial score (nSPS) is 19.4. The van der Waals surface area contributed by atoms with E-state index in [9.17, 15) is 4.79 Å². The number of piperazine rings is 1. The van der Waals surface area contributed by atoms with Crippen LogP contribution in [0.4, 0.5) is 11.4 Å². The zero-order chi connectivity index (χ0) is 19.5. The molecule has 6 nitrogen and oxygen atoms in total. The van der Waals surface area contributed by atoms with Crippen LogP contribution in [0.5, 0.6) is 11.5 Å². The highest BCUT2D eigenvalue weighted by atomic mass is 35.5. The van der Waals surface area contributed by atoms with Gasteiger partial charge in [0.15, 0.2) is 11.5 Å². The van der Waals surface area contributed by atoms with E-state index in [0.717, 1.165) is 38.4 Å². The number of anilines is 2. The van der Waals surface area contributed by atoms with Crippen LogP contribution in [0.1, 0.15) is 6.92 Å². The van der Waals surface area contributed by atoms with Crippen LogP contribution in [0.2, 0.25) is 5.02 Å². The van der Waals surface area contributed by atoms with Gasteiger partial charge in [0.1, 0.15) is 6.61 Å². The molecule has 0 radical (unpaired) electrons. The molecular weight excluding hydrogens is 378 g/mol. The van der Waals surface area contributed by atoms with Gasteiger partial charge < -0.3 is 24.6 Å². The maximum Gasteiger partial charge on any atom is 0.269 e. The van der Waals surface area contributed by atoms with Crippen molar-refractivity contribution in [1.82, 2.24) is 0 Å². The van der Waals surface area contributed by atoms with E-state index in [-0.39, 0.29) is 12.5 Å². The fourth-order valence-electron chi connectivity index (χ4n) is 3.66. The third kappa shape index (κ3) is 4.03. The van der Waals surface area contributed by atoms with Crippen LogP contribution in [-0.4, -0.2) is 51.3 Å². The zero-order valence-corrected chi connectivity index (χ0v) is 16.7. The fraction of sp³-hybridized carbons (Fsp3) is 0.381. The lowest BCUT2D eigenvalue weighted by atomic mass is 10.2. The summed E-state index contributed by atoms with van der Waals surface area (Å²) in [7, 11) is 0. The van der Waals surface area contributed by atoms with Gasteiger partial charge in [0.2, 0.25) is 6.10 Å². The highest BCUT2D eigenvalue weighted by Crippen LogP contribution is 2.33. The molecule has 4 rings (SSSR count). The van der Waals surface area contributed by atoms with Crippen LogP contribution in [0, 0.1) is 0 Å². The SMILES string of the molecule is CC[NH+]1CCN(c2ccc(Cl)cc2NC(=O)[C@@H]2COc3ccccc3O2)CC1. The molecule has 2 aromatic carbocycles. The van der Waals surface area contributed by atoms with Crippen molar-refractivity contribution in [3.8, 4) is 11.5 Å². The smallest absolute Gasteiger partial charge is 0.269 e. The predicted molar refractivity (Wildman–Crippen MR) is 110 cm³/mol. The highest BCUT2D eigenvalue weighted by Gasteiger charge is 2.29. The molecular formula is C21H25ClN3O3+. The number of benzene rings is 2. The minimum Gasteiger partial charge on any atom is -0.485 e. The lowest BCUT2D eigenvalue weighted by molar-refractivity contribution is -0.898. The average molecular weight is 403 g/mol. The number of rotatable bonds is 4. The van der Waals surface area contributed by atoms with E-state index >= 15 is 0 Å². The lowest BCUT2D eigenvalue weighted by Gasteiger charge is -2.34. The number of likely N-dealkylation sites (N-methyl/N-ethyl adjacent to an activating group) is 1. The number of carbonyl (C=O) groups is 1. The molecule has 148 valence electrons. The van der Waals surface area contributed by atoms with Gasteiger partial charge in [-0.25, -0.2) is 0 Å². The Kier molecular flexibility index (Phi) is 5.59. The molecule has 2 aliphatic rings. The molecule has 0 aromatic heterocycles. The molecule has 28 heavy (non-hydrogen) atoms. The molecule has 1 atom stereocenters. The van der Waals surface area contributed by atoms with Gasteiger partial charge in [0, 0.05) is 5.02 Å². The molecule has 0 aliphatic carbocycles. The molecule has 1 saturated heterocycles. The van der Waals surface area contributed by atoms with Gasteiger partial charge in [-0.15, -0.1) is 0 Å². The van der Waals surface area contributed by atoms with Crippen molar-refractivity contribution in [2.24, 2.45) is 0 Å². The van der Waals surface area contributed by atoms with Crippen molar-refractivity contribution in [3.05, 3.63) is 47.5 Å². The van der Waals surface area contributed by atoms with Crippen molar-refractivity contribution in [2.45, 2.75) is 13.0 Å². The Bertz CT molecular complexity index is 853. The van der Waals surface area contributed by atoms with Gasteiger partial charge >= 0.3 is 0 Å². The van der Waals surface area contributed by atoms with E-state index in [4.69, 9.17) is 21.1 Å². The Labute approximate surface area is 170 Å². The minimum atomic E-state index is -0.705. The molecule has 0 unspecified atom stereocenters. The number of nitrogens with one attached hydrogen (secondary N) is 2. The number of halogens is 1. The van der Waals surface area contributed by atoms with Crippen molar-refractivity contribution >= 4 is 28.9 Å². The van der Waals surface area contributed by atoms with Crippen LogP contribution >= 0.6 is 11.6 Å². The van der Waals surface area contributed by atoms with Gasteiger partial charge in [-0.05, 0) is 37.3 Å². The molecule has 2 aromatic rings. The highest BCUT2D eigenvalue weighted by molar-refractivity contribution is 6.31. The summed E-state index contributed by atoms with van der Waals surface area (Å²) in [4.78, 5) is 16.7. The summed E-state index contributed by atoms with van der Waals surface area (Å²) < 4.78 is 11.5. The van der Waals surface area contributed by atoms with Gasteiger partial charge in [-0.3, -0.25) is 4.79 Å². The van der Waals surface area contributed by atoms with Crippen LogP contribution in [0.3, 0.4) is 0 Å². The van der Waals surface area contributed by atoms with E-state index in [1.54, 1.807) is 17.0 Å². The van der Waals surface area contributed by atoms with Gasteiger partial charge in [-0.1, -0.05) is 23.7 Å².